The third kappa shape index (κ3) is 6.47. The number of nitrogens with two attached hydrogens (primary N) is 1. The first-order valence-electron chi connectivity index (χ1n) is 10.7. The Hall–Kier alpha value is -2.54. The predicted molar refractivity (Wildman–Crippen MR) is 117 cm³/mol. The second-order valence-electron chi connectivity index (χ2n) is 8.43. The van der Waals surface area contributed by atoms with Gasteiger partial charge in [-0.15, -0.1) is 0 Å². The van der Waals surface area contributed by atoms with Gasteiger partial charge in [0.1, 0.15) is 0 Å². The molecule has 2 aromatic rings. The summed E-state index contributed by atoms with van der Waals surface area (Å²) in [6.45, 7) is 4.11. The smallest absolute Gasteiger partial charge is 0.383 e. The topological polar surface area (TPSA) is 58.4 Å². The number of carbonyl (C=O) groups excluding carboxylic acids is 1. The molecule has 4 nitrogen and oxygen atoms in total. The normalized spacial score (nSPS) is 17.3. The molecule has 2 unspecified atom stereocenters. The van der Waals surface area contributed by atoms with Crippen LogP contribution in [0.4, 0.5) is 18.9 Å². The second-order valence-corrected chi connectivity index (χ2v) is 8.43. The summed E-state index contributed by atoms with van der Waals surface area (Å²) in [6, 6.07) is 14.5. The molecule has 3 N–H and O–H groups in total. The number of piperidine rings is 1. The Bertz CT molecular complexity index is 831. The van der Waals surface area contributed by atoms with E-state index in [1.807, 2.05) is 30.3 Å². The molecule has 168 valence electrons. The summed E-state index contributed by atoms with van der Waals surface area (Å²) in [5.41, 5.74) is 6.98. The van der Waals surface area contributed by atoms with Crippen molar-refractivity contribution < 1.29 is 18.0 Å². The molecule has 2 atom stereocenters. The number of alkyl halides is 3. The van der Waals surface area contributed by atoms with Crippen LogP contribution in [0.5, 0.6) is 0 Å². The lowest BCUT2D eigenvalue weighted by atomic mass is 9.84. The molecule has 0 bridgehead atoms. The van der Waals surface area contributed by atoms with Crippen LogP contribution in [-0.4, -0.2) is 36.5 Å². The monoisotopic (exact) mass is 433 g/mol. The van der Waals surface area contributed by atoms with Crippen molar-refractivity contribution in [1.29, 1.82) is 0 Å². The molecular weight excluding hydrogens is 403 g/mol. The van der Waals surface area contributed by atoms with Crippen molar-refractivity contribution in [1.82, 2.24) is 4.90 Å². The molecule has 3 rings (SSSR count). The maximum absolute atomic E-state index is 12.7. The van der Waals surface area contributed by atoms with Crippen molar-refractivity contribution in [2.24, 2.45) is 17.6 Å². The Labute approximate surface area is 181 Å². The van der Waals surface area contributed by atoms with Crippen LogP contribution in [0.2, 0.25) is 0 Å². The standard InChI is InChI=1S/C24H30F3N3O/c1-17(22(28)16-29-21-5-3-2-4-6-21)15-18-11-13-30(14-12-18)23(31)19-7-9-20(10-8-19)24(25,26)27/h2-10,17-18,22,29H,11-16,28H2,1H3. The highest BCUT2D eigenvalue weighted by atomic mass is 19.4. The molecule has 1 aliphatic rings. The number of halogens is 3. The average Bonchev–Trinajstić information content (AvgIpc) is 2.77. The summed E-state index contributed by atoms with van der Waals surface area (Å²) in [5, 5.41) is 3.37. The highest BCUT2D eigenvalue weighted by Gasteiger charge is 2.31. The Kier molecular flexibility index (Phi) is 7.59. The van der Waals surface area contributed by atoms with Crippen molar-refractivity contribution >= 4 is 11.6 Å². The van der Waals surface area contributed by atoms with Crippen LogP contribution in [0, 0.1) is 11.8 Å². The molecular formula is C24H30F3N3O. The number of likely N-dealkylation sites (tertiary alicyclic amines) is 1. The van der Waals surface area contributed by atoms with Crippen molar-refractivity contribution in [3.8, 4) is 0 Å². The lowest BCUT2D eigenvalue weighted by molar-refractivity contribution is -0.137. The zero-order valence-electron chi connectivity index (χ0n) is 17.7. The van der Waals surface area contributed by atoms with Gasteiger partial charge < -0.3 is 16.0 Å². The van der Waals surface area contributed by atoms with Crippen molar-refractivity contribution in [2.75, 3.05) is 25.0 Å². The van der Waals surface area contributed by atoms with E-state index in [0.717, 1.165) is 37.1 Å². The number of nitrogens with zero attached hydrogens (tertiary/aromatic N) is 1. The summed E-state index contributed by atoms with van der Waals surface area (Å²) in [4.78, 5) is 14.4. The summed E-state index contributed by atoms with van der Waals surface area (Å²) in [7, 11) is 0. The fraction of sp³-hybridized carbons (Fsp3) is 0.458. The van der Waals surface area contributed by atoms with Gasteiger partial charge in [0.25, 0.3) is 5.91 Å². The molecule has 1 aliphatic heterocycles. The van der Waals surface area contributed by atoms with Gasteiger partial charge >= 0.3 is 6.18 Å². The second kappa shape index (κ2) is 10.2. The zero-order chi connectivity index (χ0) is 22.4. The number of para-hydroxylation sites is 1. The third-order valence-electron chi connectivity index (χ3n) is 6.11. The summed E-state index contributed by atoms with van der Waals surface area (Å²) in [6.07, 6.45) is -1.63. The SMILES string of the molecule is CC(CC1CCN(C(=O)c2ccc(C(F)(F)F)cc2)CC1)C(N)CNc1ccccc1. The van der Waals surface area contributed by atoms with Gasteiger partial charge in [-0.2, -0.15) is 13.2 Å². The highest BCUT2D eigenvalue weighted by molar-refractivity contribution is 5.94. The molecule has 1 fully saturated rings. The molecule has 0 radical (unpaired) electrons. The van der Waals surface area contributed by atoms with Gasteiger partial charge in [-0.05, 0) is 67.5 Å². The van der Waals surface area contributed by atoms with Crippen LogP contribution in [0.3, 0.4) is 0 Å². The van der Waals surface area contributed by atoms with Gasteiger partial charge in [-0.1, -0.05) is 25.1 Å². The Morgan fingerprint density at radius 2 is 1.71 bits per heavy atom. The van der Waals surface area contributed by atoms with E-state index in [9.17, 15) is 18.0 Å². The highest BCUT2D eigenvalue weighted by Crippen LogP contribution is 2.30. The van der Waals surface area contributed by atoms with Gasteiger partial charge in [-0.25, -0.2) is 0 Å². The maximum atomic E-state index is 12.7. The number of amides is 1. The van der Waals surface area contributed by atoms with Gasteiger partial charge in [-0.3, -0.25) is 4.79 Å². The first-order chi connectivity index (χ1) is 14.7. The van der Waals surface area contributed by atoms with Crippen LogP contribution in [-0.2, 0) is 6.18 Å². The third-order valence-corrected chi connectivity index (χ3v) is 6.11. The molecule has 0 aliphatic carbocycles. The molecule has 1 saturated heterocycles. The average molecular weight is 434 g/mol. The fourth-order valence-corrected chi connectivity index (χ4v) is 4.05. The number of carbonyl (C=O) groups is 1. The van der Waals surface area contributed by atoms with Gasteiger partial charge in [0.15, 0.2) is 0 Å². The molecule has 0 spiro atoms. The number of hydrogen-bond acceptors (Lipinski definition) is 3. The Morgan fingerprint density at radius 3 is 2.29 bits per heavy atom. The molecule has 31 heavy (non-hydrogen) atoms. The summed E-state index contributed by atoms with van der Waals surface area (Å²) >= 11 is 0. The first-order valence-corrected chi connectivity index (χ1v) is 10.7. The summed E-state index contributed by atoms with van der Waals surface area (Å²) < 4.78 is 38.1. The van der Waals surface area contributed by atoms with Crippen molar-refractivity contribution in [3.63, 3.8) is 0 Å². The van der Waals surface area contributed by atoms with E-state index in [-0.39, 0.29) is 11.9 Å². The van der Waals surface area contributed by atoms with Gasteiger partial charge in [0.2, 0.25) is 0 Å². The quantitative estimate of drug-likeness (QED) is 0.644. The van der Waals surface area contributed by atoms with E-state index < -0.39 is 11.7 Å². The van der Waals surface area contributed by atoms with Crippen molar-refractivity contribution in [2.45, 2.75) is 38.4 Å². The van der Waals surface area contributed by atoms with Gasteiger partial charge in [0.05, 0.1) is 5.56 Å². The van der Waals surface area contributed by atoms with E-state index >= 15 is 0 Å². The van der Waals surface area contributed by atoms with Crippen molar-refractivity contribution in [3.05, 3.63) is 65.7 Å². The molecule has 0 aromatic heterocycles. The Morgan fingerprint density at radius 1 is 1.10 bits per heavy atom. The minimum Gasteiger partial charge on any atom is -0.383 e. The van der Waals surface area contributed by atoms with E-state index in [1.54, 1.807) is 4.90 Å². The lowest BCUT2D eigenvalue weighted by Gasteiger charge is -2.34. The number of rotatable bonds is 7. The largest absolute Gasteiger partial charge is 0.416 e. The molecule has 1 heterocycles. The lowest BCUT2D eigenvalue weighted by Crippen LogP contribution is -2.41. The van der Waals surface area contributed by atoms with Crippen LogP contribution in [0.25, 0.3) is 0 Å². The minimum atomic E-state index is -4.39. The fourth-order valence-electron chi connectivity index (χ4n) is 4.05. The van der Waals surface area contributed by atoms with Crippen LogP contribution in [0.1, 0.15) is 42.1 Å². The van der Waals surface area contributed by atoms with Crippen LogP contribution < -0.4 is 11.1 Å². The van der Waals surface area contributed by atoms with E-state index in [4.69, 9.17) is 5.73 Å². The molecule has 2 aromatic carbocycles. The molecule has 0 saturated carbocycles. The first kappa shape index (κ1) is 23.1. The number of nitrogens with one attached hydrogen (secondary N) is 1. The van der Waals surface area contributed by atoms with E-state index in [1.165, 1.54) is 12.1 Å². The minimum absolute atomic E-state index is 0.0343. The van der Waals surface area contributed by atoms with Crippen LogP contribution in [0.15, 0.2) is 54.6 Å². The number of anilines is 1. The van der Waals surface area contributed by atoms with E-state index in [0.29, 0.717) is 37.0 Å². The molecule has 1 amide bonds. The summed E-state index contributed by atoms with van der Waals surface area (Å²) in [5.74, 6) is 0.636. The zero-order valence-corrected chi connectivity index (χ0v) is 17.7. The number of benzene rings is 2. The predicted octanol–water partition coefficient (Wildman–Crippen LogP) is 5.02. The molecule has 7 heteroatoms. The van der Waals surface area contributed by atoms with E-state index in [2.05, 4.69) is 12.2 Å². The number of hydrogen-bond donors (Lipinski definition) is 2. The van der Waals surface area contributed by atoms with Crippen LogP contribution >= 0.6 is 0 Å². The van der Waals surface area contributed by atoms with Gasteiger partial charge in [0, 0.05) is 36.9 Å². The maximum Gasteiger partial charge on any atom is 0.416 e. The Balaban J connectivity index is 1.44.